The Morgan fingerprint density at radius 1 is 0.789 bits per heavy atom. The Labute approximate surface area is 221 Å². The van der Waals surface area contributed by atoms with Gasteiger partial charge in [-0.2, -0.15) is 0 Å². The largest absolute Gasteiger partial charge is 0.338 e. The summed E-state index contributed by atoms with van der Waals surface area (Å²) in [5, 5.41) is 3.13. The van der Waals surface area contributed by atoms with Gasteiger partial charge in [-0.15, -0.1) is 0 Å². The number of benzene rings is 3. The molecule has 2 nitrogen and oxygen atoms in total. The zero-order valence-corrected chi connectivity index (χ0v) is 21.7. The van der Waals surface area contributed by atoms with Crippen LogP contribution in [0.5, 0.6) is 0 Å². The molecule has 1 amide bonds. The summed E-state index contributed by atoms with van der Waals surface area (Å²) >= 11 is 0. The van der Waals surface area contributed by atoms with Crippen molar-refractivity contribution in [1.29, 1.82) is 0 Å². The Morgan fingerprint density at radius 3 is 1.82 bits per heavy atom. The zero-order chi connectivity index (χ0) is 27.6. The molecule has 0 fully saturated rings. The highest BCUT2D eigenvalue weighted by Crippen LogP contribution is 2.39. The van der Waals surface area contributed by atoms with Gasteiger partial charge in [-0.3, -0.25) is 4.79 Å². The average Bonchev–Trinajstić information content (AvgIpc) is 2.88. The summed E-state index contributed by atoms with van der Waals surface area (Å²) < 4.78 is 57.9. The first-order chi connectivity index (χ1) is 17.9. The number of amides is 1. The fourth-order valence-corrected chi connectivity index (χ4v) is 4.89. The van der Waals surface area contributed by atoms with Crippen LogP contribution in [0.25, 0.3) is 0 Å². The van der Waals surface area contributed by atoms with E-state index in [4.69, 9.17) is 0 Å². The Kier molecular flexibility index (Phi) is 7.63. The molecule has 0 saturated heterocycles. The van der Waals surface area contributed by atoms with Gasteiger partial charge in [-0.25, -0.2) is 17.6 Å². The third kappa shape index (κ3) is 6.07. The minimum Gasteiger partial charge on any atom is -0.338 e. The van der Waals surface area contributed by atoms with Gasteiger partial charge in [-0.1, -0.05) is 84.5 Å². The molecular weight excluding hydrogens is 490 g/mol. The van der Waals surface area contributed by atoms with Gasteiger partial charge in [0.15, 0.2) is 0 Å². The molecule has 3 aromatic rings. The predicted octanol–water partition coefficient (Wildman–Crippen LogP) is 8.18. The van der Waals surface area contributed by atoms with Crippen molar-refractivity contribution in [2.75, 3.05) is 0 Å². The van der Waals surface area contributed by atoms with E-state index in [-0.39, 0.29) is 23.5 Å². The Morgan fingerprint density at radius 2 is 1.32 bits per heavy atom. The molecule has 0 aromatic heterocycles. The number of hydrogen-bond donors (Lipinski definition) is 1. The van der Waals surface area contributed by atoms with Crippen molar-refractivity contribution in [2.45, 2.75) is 57.4 Å². The quantitative estimate of drug-likeness (QED) is 0.298. The fourth-order valence-electron chi connectivity index (χ4n) is 4.89. The summed E-state index contributed by atoms with van der Waals surface area (Å²) in [6.07, 6.45) is 5.22. The molecule has 198 valence electrons. The van der Waals surface area contributed by atoms with E-state index in [1.807, 2.05) is 43.3 Å². The Hall–Kier alpha value is -3.67. The average molecular weight is 522 g/mol. The summed E-state index contributed by atoms with van der Waals surface area (Å²) in [6.45, 7) is 3.52. The third-order valence-corrected chi connectivity index (χ3v) is 6.94. The van der Waals surface area contributed by atoms with Crippen LogP contribution in [0.15, 0.2) is 102 Å². The molecular formula is C32H31F4NO. The van der Waals surface area contributed by atoms with Crippen LogP contribution in [0.2, 0.25) is 0 Å². The number of carbonyl (C=O) groups excluding carboxylic acids is 1. The molecule has 0 atom stereocenters. The fraction of sp³-hybridized carbons (Fsp3) is 0.281. The van der Waals surface area contributed by atoms with Gasteiger partial charge in [0.1, 0.15) is 0 Å². The first-order valence-corrected chi connectivity index (χ1v) is 12.6. The van der Waals surface area contributed by atoms with Crippen molar-refractivity contribution in [3.63, 3.8) is 0 Å². The normalized spacial score (nSPS) is 14.5. The predicted molar refractivity (Wildman–Crippen MR) is 142 cm³/mol. The molecule has 0 heterocycles. The summed E-state index contributed by atoms with van der Waals surface area (Å²) in [4.78, 5) is 13.8. The SMILES string of the molecule is CC1=CCCC(C(=O)NC(Cc2ccccc2)(c2cccc(C(C)(F)F)c2)c2cccc(C(C)(F)F)c2)=C1. The lowest BCUT2D eigenvalue weighted by molar-refractivity contribution is -0.119. The van der Waals surface area contributed by atoms with Crippen LogP contribution in [0.4, 0.5) is 17.6 Å². The smallest absolute Gasteiger partial charge is 0.270 e. The van der Waals surface area contributed by atoms with E-state index >= 15 is 0 Å². The second-order valence-corrected chi connectivity index (χ2v) is 10.1. The van der Waals surface area contributed by atoms with E-state index in [9.17, 15) is 22.4 Å². The van der Waals surface area contributed by atoms with Crippen molar-refractivity contribution in [1.82, 2.24) is 5.32 Å². The number of halogens is 4. The van der Waals surface area contributed by atoms with E-state index in [2.05, 4.69) is 5.32 Å². The van der Waals surface area contributed by atoms with Crippen molar-refractivity contribution < 1.29 is 22.4 Å². The molecule has 1 aliphatic carbocycles. The van der Waals surface area contributed by atoms with E-state index in [0.717, 1.165) is 25.0 Å². The standard InChI is InChI=1S/C32H31F4NO/c1-22-10-7-13-24(18-22)29(38)37-32(21-23-11-5-4-6-12-23,27-16-8-14-25(19-27)30(2,33)34)28-17-9-15-26(20-28)31(3,35)36/h4-6,8-12,14-20H,7,13,21H2,1-3H3,(H,37,38). The van der Waals surface area contributed by atoms with Crippen molar-refractivity contribution in [3.8, 4) is 0 Å². The Balaban J connectivity index is 1.98. The summed E-state index contributed by atoms with van der Waals surface area (Å²) in [7, 11) is 0. The number of alkyl halides is 4. The van der Waals surface area contributed by atoms with Gasteiger partial charge >= 0.3 is 0 Å². The van der Waals surface area contributed by atoms with Crippen molar-refractivity contribution >= 4 is 5.91 Å². The molecule has 0 saturated carbocycles. The Bertz CT molecular complexity index is 1310. The first-order valence-electron chi connectivity index (χ1n) is 12.6. The summed E-state index contributed by atoms with van der Waals surface area (Å²) in [5.74, 6) is -6.63. The molecule has 4 rings (SSSR count). The van der Waals surface area contributed by atoms with Crippen LogP contribution in [0, 0.1) is 0 Å². The maximum Gasteiger partial charge on any atom is 0.270 e. The molecule has 1 aliphatic rings. The minimum absolute atomic E-state index is 0.166. The van der Waals surface area contributed by atoms with Crippen LogP contribution >= 0.6 is 0 Å². The van der Waals surface area contributed by atoms with Gasteiger partial charge in [0.25, 0.3) is 11.8 Å². The molecule has 0 radical (unpaired) electrons. The van der Waals surface area contributed by atoms with Crippen molar-refractivity contribution in [2.24, 2.45) is 0 Å². The maximum atomic E-state index is 14.5. The number of carbonyl (C=O) groups is 1. The van der Waals surface area contributed by atoms with Gasteiger partial charge in [-0.05, 0) is 48.6 Å². The molecule has 1 N–H and O–H groups in total. The van der Waals surface area contributed by atoms with Crippen molar-refractivity contribution in [3.05, 3.63) is 130 Å². The number of nitrogens with one attached hydrogen (secondary N) is 1. The lowest BCUT2D eigenvalue weighted by atomic mass is 9.76. The van der Waals surface area contributed by atoms with E-state index in [1.165, 1.54) is 36.4 Å². The van der Waals surface area contributed by atoms with Crippen LogP contribution in [0.1, 0.15) is 61.4 Å². The molecule has 38 heavy (non-hydrogen) atoms. The topological polar surface area (TPSA) is 29.1 Å². The highest BCUT2D eigenvalue weighted by Gasteiger charge is 2.39. The number of rotatable bonds is 8. The maximum absolute atomic E-state index is 14.5. The molecule has 0 unspecified atom stereocenters. The van der Waals surface area contributed by atoms with Gasteiger partial charge in [0.2, 0.25) is 5.91 Å². The van der Waals surface area contributed by atoms with Gasteiger partial charge < -0.3 is 5.32 Å². The van der Waals surface area contributed by atoms with Crippen LogP contribution in [-0.4, -0.2) is 5.91 Å². The second-order valence-electron chi connectivity index (χ2n) is 10.1. The number of allylic oxidation sites excluding steroid dienone is 3. The zero-order valence-electron chi connectivity index (χ0n) is 21.7. The highest BCUT2D eigenvalue weighted by molar-refractivity contribution is 5.95. The summed E-state index contributed by atoms with van der Waals surface area (Å²) in [6, 6.07) is 21.0. The van der Waals surface area contributed by atoms with Crippen LogP contribution in [0.3, 0.4) is 0 Å². The highest BCUT2D eigenvalue weighted by atomic mass is 19.3. The van der Waals surface area contributed by atoms with E-state index < -0.39 is 17.4 Å². The van der Waals surface area contributed by atoms with Gasteiger partial charge in [0.05, 0.1) is 5.54 Å². The monoisotopic (exact) mass is 521 g/mol. The third-order valence-electron chi connectivity index (χ3n) is 6.94. The molecule has 6 heteroatoms. The van der Waals surface area contributed by atoms with Crippen LogP contribution in [-0.2, 0) is 28.6 Å². The minimum atomic E-state index is -3.13. The summed E-state index contributed by atoms with van der Waals surface area (Å²) in [5.41, 5.74) is 1.22. The first kappa shape index (κ1) is 27.4. The molecule has 3 aromatic carbocycles. The lowest BCUT2D eigenvalue weighted by Crippen LogP contribution is -2.49. The molecule has 0 aliphatic heterocycles. The van der Waals surface area contributed by atoms with Crippen LogP contribution < -0.4 is 5.32 Å². The number of hydrogen-bond acceptors (Lipinski definition) is 1. The molecule has 0 bridgehead atoms. The van der Waals surface area contributed by atoms with E-state index in [0.29, 0.717) is 29.5 Å². The second kappa shape index (κ2) is 10.6. The van der Waals surface area contributed by atoms with E-state index in [1.54, 1.807) is 18.2 Å². The lowest BCUT2D eigenvalue weighted by Gasteiger charge is -2.38. The van der Waals surface area contributed by atoms with Gasteiger partial charge in [0, 0.05) is 37.0 Å². The molecule has 0 spiro atoms.